The molecule has 0 saturated carbocycles. The molecule has 1 saturated heterocycles. The zero-order valence-electron chi connectivity index (χ0n) is 9.87. The van der Waals surface area contributed by atoms with Crippen LogP contribution in [0.5, 0.6) is 0 Å². The number of nitrogens with zero attached hydrogens (tertiary/aromatic N) is 1. The number of carbonyl (C=O) groups excluding carboxylic acids is 2. The molecule has 2 rings (SSSR count). The van der Waals surface area contributed by atoms with Crippen LogP contribution in [-0.4, -0.2) is 24.5 Å². The lowest BCUT2D eigenvalue weighted by Crippen LogP contribution is -2.28. The molecule has 1 heterocycles. The normalized spacial score (nSPS) is 17.8. The second-order valence-electron chi connectivity index (χ2n) is 4.65. The molecular weight excluding hydrogens is 244 g/mol. The first kappa shape index (κ1) is 12.5. The molecule has 6 heteroatoms. The van der Waals surface area contributed by atoms with E-state index in [1.165, 1.54) is 0 Å². The fourth-order valence-corrected chi connectivity index (χ4v) is 1.81. The van der Waals surface area contributed by atoms with Crippen molar-refractivity contribution in [3.63, 3.8) is 0 Å². The van der Waals surface area contributed by atoms with E-state index < -0.39 is 28.9 Å². The van der Waals surface area contributed by atoms with Crippen molar-refractivity contribution < 1.29 is 23.1 Å². The zero-order chi connectivity index (χ0) is 13.5. The van der Waals surface area contributed by atoms with Gasteiger partial charge in [-0.05, 0) is 26.0 Å². The fraction of sp³-hybridized carbons (Fsp3) is 0.333. The van der Waals surface area contributed by atoms with E-state index in [4.69, 9.17) is 4.74 Å². The van der Waals surface area contributed by atoms with E-state index in [1.54, 1.807) is 13.8 Å². The van der Waals surface area contributed by atoms with E-state index in [0.29, 0.717) is 0 Å². The highest BCUT2D eigenvalue weighted by atomic mass is 19.1. The van der Waals surface area contributed by atoms with Gasteiger partial charge in [-0.3, -0.25) is 9.69 Å². The molecule has 96 valence electrons. The molecule has 1 aliphatic rings. The van der Waals surface area contributed by atoms with Crippen molar-refractivity contribution in [3.05, 3.63) is 29.3 Å². The molecule has 1 amide bonds. The Kier molecular flexibility index (Phi) is 2.80. The lowest BCUT2D eigenvalue weighted by atomic mass is 10.1. The Balaban J connectivity index is 2.41. The van der Waals surface area contributed by atoms with Gasteiger partial charge in [-0.15, -0.1) is 0 Å². The Morgan fingerprint density at radius 1 is 1.33 bits per heavy atom. The minimum absolute atomic E-state index is 0.0335. The number of halogens is 2. The molecule has 1 aromatic rings. The van der Waals surface area contributed by atoms with Gasteiger partial charge in [-0.2, -0.15) is 0 Å². The quantitative estimate of drug-likeness (QED) is 0.763. The number of hydrogen-bond donors (Lipinski definition) is 0. The van der Waals surface area contributed by atoms with Crippen LogP contribution in [-0.2, 0) is 4.74 Å². The molecular formula is C12H11F2NO3. The Morgan fingerprint density at radius 2 is 1.89 bits per heavy atom. The molecule has 0 aromatic heterocycles. The number of hydrogen-bond acceptors (Lipinski definition) is 3. The van der Waals surface area contributed by atoms with Gasteiger partial charge in [0.25, 0.3) is 0 Å². The zero-order valence-corrected chi connectivity index (χ0v) is 9.87. The molecule has 0 atom stereocenters. The average molecular weight is 255 g/mol. The SMILES string of the molecule is CC1(C)CN(c2cc(F)c(C=O)c(F)c2)C(=O)O1. The lowest BCUT2D eigenvalue weighted by Gasteiger charge is -2.16. The summed E-state index contributed by atoms with van der Waals surface area (Å²) in [6.45, 7) is 3.57. The largest absolute Gasteiger partial charge is 0.441 e. The molecule has 1 fully saturated rings. The van der Waals surface area contributed by atoms with E-state index >= 15 is 0 Å². The number of aldehydes is 1. The molecule has 0 radical (unpaired) electrons. The number of rotatable bonds is 2. The molecule has 0 aliphatic carbocycles. The van der Waals surface area contributed by atoms with Crippen LogP contribution in [0.1, 0.15) is 24.2 Å². The highest BCUT2D eigenvalue weighted by molar-refractivity contribution is 5.90. The lowest BCUT2D eigenvalue weighted by molar-refractivity contribution is 0.0870. The first-order chi connectivity index (χ1) is 8.34. The fourth-order valence-electron chi connectivity index (χ4n) is 1.81. The van der Waals surface area contributed by atoms with Crippen molar-refractivity contribution in [2.45, 2.75) is 19.4 Å². The Labute approximate surface area is 102 Å². The third kappa shape index (κ3) is 2.05. The molecule has 18 heavy (non-hydrogen) atoms. The Bertz CT molecular complexity index is 505. The summed E-state index contributed by atoms with van der Waals surface area (Å²) in [5.74, 6) is -2.00. The van der Waals surface area contributed by atoms with E-state index in [2.05, 4.69) is 0 Å². The van der Waals surface area contributed by atoms with Gasteiger partial charge in [0.15, 0.2) is 6.29 Å². The van der Waals surface area contributed by atoms with E-state index in [9.17, 15) is 18.4 Å². The second kappa shape index (κ2) is 4.04. The maximum atomic E-state index is 13.4. The van der Waals surface area contributed by atoms with E-state index in [-0.39, 0.29) is 18.5 Å². The maximum absolute atomic E-state index is 13.4. The molecule has 1 aliphatic heterocycles. The van der Waals surface area contributed by atoms with Crippen LogP contribution in [0.15, 0.2) is 12.1 Å². The van der Waals surface area contributed by atoms with Gasteiger partial charge in [0.05, 0.1) is 17.8 Å². The van der Waals surface area contributed by atoms with Gasteiger partial charge in [0.2, 0.25) is 0 Å². The topological polar surface area (TPSA) is 46.6 Å². The first-order valence-corrected chi connectivity index (χ1v) is 5.29. The molecule has 4 nitrogen and oxygen atoms in total. The van der Waals surface area contributed by atoms with Crippen molar-refractivity contribution >= 4 is 18.1 Å². The molecule has 0 unspecified atom stereocenters. The van der Waals surface area contributed by atoms with Crippen molar-refractivity contribution in [1.29, 1.82) is 0 Å². The van der Waals surface area contributed by atoms with Crippen LogP contribution >= 0.6 is 0 Å². The highest BCUT2D eigenvalue weighted by Crippen LogP contribution is 2.29. The summed E-state index contributed by atoms with van der Waals surface area (Å²) in [6.07, 6.45) is -0.571. The van der Waals surface area contributed by atoms with Crippen LogP contribution < -0.4 is 4.90 Å². The van der Waals surface area contributed by atoms with Crippen molar-refractivity contribution in [2.24, 2.45) is 0 Å². The summed E-state index contributed by atoms with van der Waals surface area (Å²) < 4.78 is 31.9. The highest BCUT2D eigenvalue weighted by Gasteiger charge is 2.38. The van der Waals surface area contributed by atoms with Crippen LogP contribution in [0, 0.1) is 11.6 Å². The van der Waals surface area contributed by atoms with Crippen LogP contribution in [0.3, 0.4) is 0 Å². The number of anilines is 1. The van der Waals surface area contributed by atoms with E-state index in [0.717, 1.165) is 17.0 Å². The van der Waals surface area contributed by atoms with Crippen molar-refractivity contribution in [1.82, 2.24) is 0 Å². The summed E-state index contributed by atoms with van der Waals surface area (Å²) in [5.41, 5.74) is -1.33. The van der Waals surface area contributed by atoms with Crippen molar-refractivity contribution in [2.75, 3.05) is 11.4 Å². The van der Waals surface area contributed by atoms with Gasteiger partial charge >= 0.3 is 6.09 Å². The van der Waals surface area contributed by atoms with Crippen LogP contribution in [0.2, 0.25) is 0 Å². The van der Waals surface area contributed by atoms with Crippen molar-refractivity contribution in [3.8, 4) is 0 Å². The Morgan fingerprint density at radius 3 is 2.28 bits per heavy atom. The Hall–Kier alpha value is -1.98. The first-order valence-electron chi connectivity index (χ1n) is 5.29. The van der Waals surface area contributed by atoms with E-state index in [1.807, 2.05) is 0 Å². The van der Waals surface area contributed by atoms with Gasteiger partial charge in [0, 0.05) is 0 Å². The number of amides is 1. The molecule has 0 N–H and O–H groups in total. The smallest absolute Gasteiger partial charge is 0.415 e. The summed E-state index contributed by atoms with van der Waals surface area (Å²) in [7, 11) is 0. The van der Waals surface area contributed by atoms with Gasteiger partial charge in [0.1, 0.15) is 17.2 Å². The molecule has 0 bridgehead atoms. The molecule has 1 aromatic carbocycles. The second-order valence-corrected chi connectivity index (χ2v) is 4.65. The third-order valence-corrected chi connectivity index (χ3v) is 2.62. The average Bonchev–Trinajstić information content (AvgIpc) is 2.51. The number of ether oxygens (including phenoxy) is 1. The summed E-state index contributed by atoms with van der Waals surface area (Å²) >= 11 is 0. The van der Waals surface area contributed by atoms with Gasteiger partial charge < -0.3 is 4.74 Å². The number of benzene rings is 1. The predicted octanol–water partition coefficient (Wildman–Crippen LogP) is 2.51. The maximum Gasteiger partial charge on any atom is 0.415 e. The summed E-state index contributed by atoms with van der Waals surface area (Å²) in [4.78, 5) is 23.1. The molecule has 0 spiro atoms. The predicted molar refractivity (Wildman–Crippen MR) is 59.7 cm³/mol. The number of cyclic esters (lactones) is 1. The summed E-state index contributed by atoms with van der Waals surface area (Å²) in [5, 5.41) is 0. The third-order valence-electron chi connectivity index (χ3n) is 2.62. The minimum atomic E-state index is -1.00. The summed E-state index contributed by atoms with van der Waals surface area (Å²) in [6, 6.07) is 1.88. The van der Waals surface area contributed by atoms with Gasteiger partial charge in [-0.25, -0.2) is 13.6 Å². The standard InChI is InChI=1S/C12H11F2NO3/c1-12(2)6-15(11(17)18-12)7-3-9(13)8(5-16)10(14)4-7/h3-5H,6H2,1-2H3. The van der Waals surface area contributed by atoms with Crippen LogP contribution in [0.4, 0.5) is 19.3 Å². The monoisotopic (exact) mass is 255 g/mol. The van der Waals surface area contributed by atoms with Crippen LogP contribution in [0.25, 0.3) is 0 Å². The van der Waals surface area contributed by atoms with Gasteiger partial charge in [-0.1, -0.05) is 0 Å². The minimum Gasteiger partial charge on any atom is -0.441 e. The number of carbonyl (C=O) groups is 2.